The second-order valence-corrected chi connectivity index (χ2v) is 7.97. The van der Waals surface area contributed by atoms with E-state index in [9.17, 15) is 4.79 Å². The third kappa shape index (κ3) is 4.14. The largest absolute Gasteiger partial charge is 0.309 e. The Kier molecular flexibility index (Phi) is 5.39. The summed E-state index contributed by atoms with van der Waals surface area (Å²) in [5.74, 6) is 1.45. The van der Waals surface area contributed by atoms with Crippen LogP contribution in [-0.2, 0) is 26.3 Å². The maximum Gasteiger partial charge on any atom is 0.191 e. The first kappa shape index (κ1) is 18.0. The highest BCUT2D eigenvalue weighted by Crippen LogP contribution is 2.24. The molecular weight excluding hydrogens is 354 g/mol. The lowest BCUT2D eigenvalue weighted by Crippen LogP contribution is -2.08. The van der Waals surface area contributed by atoms with Gasteiger partial charge in [-0.15, -0.1) is 10.2 Å². The molecule has 138 valence electrons. The van der Waals surface area contributed by atoms with E-state index in [1.807, 2.05) is 35.9 Å². The zero-order valence-electron chi connectivity index (χ0n) is 15.5. The second kappa shape index (κ2) is 8.09. The maximum absolute atomic E-state index is 12.6. The number of rotatable bonds is 6. The first-order chi connectivity index (χ1) is 13.2. The Morgan fingerprint density at radius 1 is 1.04 bits per heavy atom. The van der Waals surface area contributed by atoms with Gasteiger partial charge in [-0.2, -0.15) is 0 Å². The summed E-state index contributed by atoms with van der Waals surface area (Å²) in [6.45, 7) is 0. The number of hydrogen-bond acceptors (Lipinski definition) is 4. The van der Waals surface area contributed by atoms with E-state index in [2.05, 4.69) is 34.5 Å². The van der Waals surface area contributed by atoms with Gasteiger partial charge in [0.05, 0.1) is 5.75 Å². The number of aryl methyl sites for hydroxylation is 2. The van der Waals surface area contributed by atoms with Crippen molar-refractivity contribution in [3.8, 4) is 0 Å². The molecule has 3 aromatic rings. The average molecular weight is 378 g/mol. The zero-order chi connectivity index (χ0) is 18.6. The molecule has 0 N–H and O–H groups in total. The minimum atomic E-state index is 0.154. The Bertz CT molecular complexity index is 949. The first-order valence-electron chi connectivity index (χ1n) is 9.41. The molecule has 0 fully saturated rings. The third-order valence-electron chi connectivity index (χ3n) is 5.13. The molecule has 4 nitrogen and oxygen atoms in total. The molecule has 0 spiro atoms. The number of thioether (sulfide) groups is 1. The number of aromatic nitrogens is 3. The van der Waals surface area contributed by atoms with Gasteiger partial charge in [0.1, 0.15) is 5.82 Å². The van der Waals surface area contributed by atoms with Crippen LogP contribution in [0.15, 0.2) is 53.7 Å². The number of hydrogen-bond donors (Lipinski definition) is 0. The molecule has 0 unspecified atom stereocenters. The van der Waals surface area contributed by atoms with Gasteiger partial charge in [-0.3, -0.25) is 4.79 Å². The van der Waals surface area contributed by atoms with Gasteiger partial charge in [0.15, 0.2) is 10.9 Å². The van der Waals surface area contributed by atoms with Gasteiger partial charge in [0, 0.05) is 19.0 Å². The topological polar surface area (TPSA) is 47.8 Å². The Balaban J connectivity index is 1.41. The predicted octanol–water partition coefficient (Wildman–Crippen LogP) is 4.26. The van der Waals surface area contributed by atoms with E-state index in [1.54, 1.807) is 0 Å². The Hall–Kier alpha value is -2.40. The minimum Gasteiger partial charge on any atom is -0.309 e. The van der Waals surface area contributed by atoms with Gasteiger partial charge in [-0.05, 0) is 48.4 Å². The molecule has 2 aromatic carbocycles. The molecule has 1 aromatic heterocycles. The SMILES string of the molecule is Cn1c(Cc2ccccc2)nnc1SCC(=O)c1ccc2c(c1)CCCC2. The number of Topliss-reactive ketones (excluding diaryl/α,β-unsaturated/α-hetero) is 1. The van der Waals surface area contributed by atoms with Gasteiger partial charge < -0.3 is 4.57 Å². The van der Waals surface area contributed by atoms with Crippen LogP contribution < -0.4 is 0 Å². The lowest BCUT2D eigenvalue weighted by molar-refractivity contribution is 0.102. The van der Waals surface area contributed by atoms with E-state index in [1.165, 1.54) is 41.3 Å². The maximum atomic E-state index is 12.6. The Morgan fingerprint density at radius 3 is 2.63 bits per heavy atom. The van der Waals surface area contributed by atoms with Crippen molar-refractivity contribution < 1.29 is 4.79 Å². The summed E-state index contributed by atoms with van der Waals surface area (Å²) < 4.78 is 1.98. The molecule has 1 heterocycles. The molecular formula is C22H23N3OS. The molecule has 0 saturated carbocycles. The number of carbonyl (C=O) groups is 1. The quantitative estimate of drug-likeness (QED) is 0.476. The van der Waals surface area contributed by atoms with E-state index in [-0.39, 0.29) is 5.78 Å². The van der Waals surface area contributed by atoms with Crippen LogP contribution in [0, 0.1) is 0 Å². The summed E-state index contributed by atoms with van der Waals surface area (Å²) in [6, 6.07) is 16.4. The molecule has 0 amide bonds. The molecule has 0 atom stereocenters. The number of nitrogens with zero attached hydrogens (tertiary/aromatic N) is 3. The van der Waals surface area contributed by atoms with Crippen molar-refractivity contribution in [2.24, 2.45) is 7.05 Å². The van der Waals surface area contributed by atoms with Crippen molar-refractivity contribution in [3.05, 3.63) is 76.6 Å². The van der Waals surface area contributed by atoms with E-state index in [0.717, 1.165) is 35.8 Å². The van der Waals surface area contributed by atoms with Crippen LogP contribution >= 0.6 is 11.8 Å². The minimum absolute atomic E-state index is 0.154. The summed E-state index contributed by atoms with van der Waals surface area (Å²) in [4.78, 5) is 12.6. The summed E-state index contributed by atoms with van der Waals surface area (Å²) >= 11 is 1.46. The molecule has 0 radical (unpaired) electrons. The van der Waals surface area contributed by atoms with E-state index in [4.69, 9.17) is 0 Å². The summed E-state index contributed by atoms with van der Waals surface area (Å²) in [5.41, 5.74) is 4.77. The van der Waals surface area contributed by atoms with Crippen LogP contribution in [0.1, 0.15) is 45.7 Å². The highest BCUT2D eigenvalue weighted by Gasteiger charge is 2.15. The van der Waals surface area contributed by atoms with Crippen LogP contribution in [0.3, 0.4) is 0 Å². The number of ketones is 1. The second-order valence-electron chi connectivity index (χ2n) is 7.02. The van der Waals surface area contributed by atoms with Crippen LogP contribution in [0.4, 0.5) is 0 Å². The van der Waals surface area contributed by atoms with Gasteiger partial charge in [-0.25, -0.2) is 0 Å². The summed E-state index contributed by atoms with van der Waals surface area (Å²) in [7, 11) is 1.96. The van der Waals surface area contributed by atoms with Crippen molar-refractivity contribution in [1.29, 1.82) is 0 Å². The average Bonchev–Trinajstić information content (AvgIpc) is 3.06. The third-order valence-corrected chi connectivity index (χ3v) is 6.15. The van der Waals surface area contributed by atoms with Crippen molar-refractivity contribution >= 4 is 17.5 Å². The monoisotopic (exact) mass is 377 g/mol. The molecule has 4 rings (SSSR count). The number of carbonyl (C=O) groups excluding carboxylic acids is 1. The Labute approximate surface area is 164 Å². The fourth-order valence-electron chi connectivity index (χ4n) is 3.52. The smallest absolute Gasteiger partial charge is 0.191 e. The van der Waals surface area contributed by atoms with Crippen LogP contribution in [0.5, 0.6) is 0 Å². The van der Waals surface area contributed by atoms with Gasteiger partial charge in [0.25, 0.3) is 0 Å². The fourth-order valence-corrected chi connectivity index (χ4v) is 4.35. The first-order valence-corrected chi connectivity index (χ1v) is 10.4. The highest BCUT2D eigenvalue weighted by atomic mass is 32.2. The molecule has 1 aliphatic carbocycles. The normalized spacial score (nSPS) is 13.4. The van der Waals surface area contributed by atoms with Crippen LogP contribution in [0.25, 0.3) is 0 Å². The fraction of sp³-hybridized carbons (Fsp3) is 0.318. The number of fused-ring (bicyclic) bond motifs is 1. The van der Waals surface area contributed by atoms with Crippen molar-refractivity contribution in [1.82, 2.24) is 14.8 Å². The van der Waals surface area contributed by atoms with E-state index in [0.29, 0.717) is 5.75 Å². The molecule has 0 saturated heterocycles. The molecule has 0 bridgehead atoms. The summed E-state index contributed by atoms with van der Waals surface area (Å²) in [5, 5.41) is 9.36. The van der Waals surface area contributed by atoms with E-state index < -0.39 is 0 Å². The lowest BCUT2D eigenvalue weighted by Gasteiger charge is -2.16. The van der Waals surface area contributed by atoms with Crippen molar-refractivity contribution in [3.63, 3.8) is 0 Å². The van der Waals surface area contributed by atoms with Crippen molar-refractivity contribution in [2.45, 2.75) is 37.3 Å². The van der Waals surface area contributed by atoms with Gasteiger partial charge in [-0.1, -0.05) is 54.2 Å². The van der Waals surface area contributed by atoms with Crippen LogP contribution in [-0.4, -0.2) is 26.3 Å². The highest BCUT2D eigenvalue weighted by molar-refractivity contribution is 7.99. The Morgan fingerprint density at radius 2 is 1.81 bits per heavy atom. The van der Waals surface area contributed by atoms with Gasteiger partial charge in [0.2, 0.25) is 0 Å². The van der Waals surface area contributed by atoms with Crippen LogP contribution in [0.2, 0.25) is 0 Å². The molecule has 0 aliphatic heterocycles. The molecule has 1 aliphatic rings. The van der Waals surface area contributed by atoms with Gasteiger partial charge >= 0.3 is 0 Å². The molecule has 27 heavy (non-hydrogen) atoms. The van der Waals surface area contributed by atoms with Crippen molar-refractivity contribution in [2.75, 3.05) is 5.75 Å². The lowest BCUT2D eigenvalue weighted by atomic mass is 9.90. The molecule has 5 heteroatoms. The van der Waals surface area contributed by atoms with E-state index >= 15 is 0 Å². The predicted molar refractivity (Wildman–Crippen MR) is 108 cm³/mol. The number of benzene rings is 2. The summed E-state index contributed by atoms with van der Waals surface area (Å²) in [6.07, 6.45) is 5.46. The zero-order valence-corrected chi connectivity index (χ0v) is 16.3. The standard InChI is InChI=1S/C22H23N3OS/c1-25-21(13-16-7-3-2-4-8-16)23-24-22(25)27-15-20(26)19-12-11-17-9-5-6-10-18(17)14-19/h2-4,7-8,11-12,14H,5-6,9-10,13,15H2,1H3.